The number of hydrogen-bond donors (Lipinski definition) is 0. The third-order valence-electron chi connectivity index (χ3n) is 5.41. The van der Waals surface area contributed by atoms with E-state index in [1.54, 1.807) is 21.3 Å². The first-order valence-corrected chi connectivity index (χ1v) is 9.71. The average Bonchev–Trinajstić information content (AvgIpc) is 3.31. The maximum absolute atomic E-state index is 13.1. The number of aryl methyl sites for hydroxylation is 1. The van der Waals surface area contributed by atoms with E-state index in [1.165, 1.54) is 9.13 Å². The highest BCUT2D eigenvalue weighted by atomic mass is 16.5. The standard InChI is InChI=1S/C20H25N5O4/c1-5-6-9-25-18(26)16-17(22(2)20(25)27)21-19-23(10-11-24(16)19)14-8-7-13(28-3)12-15(14)29-4/h7-8,12H,5-6,9-11H2,1-4H3. The number of methoxy groups -OCH3 is 2. The van der Waals surface area contributed by atoms with Gasteiger partial charge >= 0.3 is 5.69 Å². The van der Waals surface area contributed by atoms with E-state index in [2.05, 4.69) is 4.98 Å². The topological polar surface area (TPSA) is 83.5 Å². The van der Waals surface area contributed by atoms with Crippen molar-refractivity contribution in [2.45, 2.75) is 32.9 Å². The second-order valence-corrected chi connectivity index (χ2v) is 7.08. The number of nitrogens with zero attached hydrogens (tertiary/aromatic N) is 5. The first-order chi connectivity index (χ1) is 14.0. The molecule has 0 fully saturated rings. The van der Waals surface area contributed by atoms with Crippen LogP contribution in [0.5, 0.6) is 11.5 Å². The highest BCUT2D eigenvalue weighted by Gasteiger charge is 2.30. The van der Waals surface area contributed by atoms with Gasteiger partial charge < -0.3 is 18.9 Å². The summed E-state index contributed by atoms with van der Waals surface area (Å²) in [7, 11) is 4.87. The summed E-state index contributed by atoms with van der Waals surface area (Å²) in [5.41, 5.74) is 1.09. The van der Waals surface area contributed by atoms with Crippen LogP contribution in [-0.4, -0.2) is 39.4 Å². The summed E-state index contributed by atoms with van der Waals surface area (Å²) in [5.74, 6) is 1.97. The zero-order valence-corrected chi connectivity index (χ0v) is 17.1. The molecule has 0 saturated heterocycles. The molecule has 9 heteroatoms. The first kappa shape index (κ1) is 19.1. The number of anilines is 2. The minimum absolute atomic E-state index is 0.279. The smallest absolute Gasteiger partial charge is 0.332 e. The lowest BCUT2D eigenvalue weighted by Gasteiger charge is -2.19. The average molecular weight is 399 g/mol. The van der Waals surface area contributed by atoms with E-state index >= 15 is 0 Å². The number of rotatable bonds is 6. The SMILES string of the molecule is CCCCn1c(=O)c2c(nc3n2CCN3c2ccc(OC)cc2OC)n(C)c1=O. The second kappa shape index (κ2) is 7.31. The Hall–Kier alpha value is -3.23. The van der Waals surface area contributed by atoms with Crippen molar-refractivity contribution in [3.8, 4) is 11.5 Å². The summed E-state index contributed by atoms with van der Waals surface area (Å²) in [5, 5.41) is 0. The molecule has 3 aromatic rings. The molecular formula is C20H25N5O4. The van der Waals surface area contributed by atoms with Gasteiger partial charge in [0.2, 0.25) is 5.95 Å². The zero-order chi connectivity index (χ0) is 20.7. The summed E-state index contributed by atoms with van der Waals surface area (Å²) >= 11 is 0. The first-order valence-electron chi connectivity index (χ1n) is 9.71. The van der Waals surface area contributed by atoms with Crippen LogP contribution < -0.4 is 25.6 Å². The van der Waals surface area contributed by atoms with Gasteiger partial charge in [-0.25, -0.2) is 4.79 Å². The molecule has 0 bridgehead atoms. The Bertz CT molecular complexity index is 1190. The fraction of sp³-hybridized carbons (Fsp3) is 0.450. The molecule has 29 heavy (non-hydrogen) atoms. The summed E-state index contributed by atoms with van der Waals surface area (Å²) in [6.45, 7) is 3.69. The number of hydrogen-bond acceptors (Lipinski definition) is 6. The van der Waals surface area contributed by atoms with Crippen molar-refractivity contribution in [3.05, 3.63) is 39.0 Å². The van der Waals surface area contributed by atoms with Gasteiger partial charge in [0.05, 0.1) is 19.9 Å². The molecule has 2 aromatic heterocycles. The highest BCUT2D eigenvalue weighted by molar-refractivity contribution is 5.79. The van der Waals surface area contributed by atoms with Crippen molar-refractivity contribution < 1.29 is 9.47 Å². The fourth-order valence-corrected chi connectivity index (χ4v) is 3.83. The Morgan fingerprint density at radius 2 is 1.93 bits per heavy atom. The molecule has 9 nitrogen and oxygen atoms in total. The number of benzene rings is 1. The van der Waals surface area contributed by atoms with E-state index < -0.39 is 0 Å². The van der Waals surface area contributed by atoms with Crippen LogP contribution in [0.3, 0.4) is 0 Å². The van der Waals surface area contributed by atoms with Crippen molar-refractivity contribution in [2.75, 3.05) is 25.7 Å². The normalized spacial score (nSPS) is 13.2. The number of aromatic nitrogens is 4. The van der Waals surface area contributed by atoms with Gasteiger partial charge in [-0.2, -0.15) is 4.98 Å². The van der Waals surface area contributed by atoms with Crippen molar-refractivity contribution in [1.82, 2.24) is 18.7 Å². The van der Waals surface area contributed by atoms with E-state index in [9.17, 15) is 9.59 Å². The molecule has 0 saturated carbocycles. The lowest BCUT2D eigenvalue weighted by Crippen LogP contribution is -2.39. The Kier molecular flexibility index (Phi) is 4.81. The molecule has 1 aliphatic rings. The largest absolute Gasteiger partial charge is 0.497 e. The van der Waals surface area contributed by atoms with Gasteiger partial charge in [0.15, 0.2) is 11.2 Å². The van der Waals surface area contributed by atoms with Gasteiger partial charge in [0.1, 0.15) is 11.5 Å². The molecule has 0 aliphatic carbocycles. The third kappa shape index (κ3) is 2.88. The summed E-state index contributed by atoms with van der Waals surface area (Å²) in [6.07, 6.45) is 1.68. The molecule has 0 spiro atoms. The van der Waals surface area contributed by atoms with Crippen LogP contribution in [0.15, 0.2) is 27.8 Å². The molecule has 0 radical (unpaired) electrons. The number of imidazole rings is 1. The van der Waals surface area contributed by atoms with Crippen molar-refractivity contribution in [3.63, 3.8) is 0 Å². The second-order valence-electron chi connectivity index (χ2n) is 7.08. The zero-order valence-electron chi connectivity index (χ0n) is 17.1. The van der Waals surface area contributed by atoms with Crippen LogP contribution >= 0.6 is 0 Å². The van der Waals surface area contributed by atoms with Crippen LogP contribution in [0.4, 0.5) is 11.6 Å². The van der Waals surface area contributed by atoms with E-state index in [0.29, 0.717) is 48.2 Å². The van der Waals surface area contributed by atoms with Gasteiger partial charge in [-0.3, -0.25) is 13.9 Å². The van der Waals surface area contributed by atoms with Crippen LogP contribution in [0, 0.1) is 0 Å². The highest BCUT2D eigenvalue weighted by Crippen LogP contribution is 2.39. The van der Waals surface area contributed by atoms with Crippen molar-refractivity contribution in [1.29, 1.82) is 0 Å². The lowest BCUT2D eigenvalue weighted by molar-refractivity contribution is 0.395. The van der Waals surface area contributed by atoms with Crippen molar-refractivity contribution in [2.24, 2.45) is 7.05 Å². The molecular weight excluding hydrogens is 374 g/mol. The van der Waals surface area contributed by atoms with Gasteiger partial charge in [-0.05, 0) is 18.6 Å². The Morgan fingerprint density at radius 3 is 2.62 bits per heavy atom. The number of unbranched alkanes of at least 4 members (excludes halogenated alkanes) is 1. The third-order valence-corrected chi connectivity index (χ3v) is 5.41. The predicted octanol–water partition coefficient (Wildman–Crippen LogP) is 1.87. The van der Waals surface area contributed by atoms with Gasteiger partial charge in [-0.1, -0.05) is 13.3 Å². The molecule has 1 aromatic carbocycles. The van der Waals surface area contributed by atoms with Crippen molar-refractivity contribution >= 4 is 22.8 Å². The number of ether oxygens (including phenoxy) is 2. The van der Waals surface area contributed by atoms with Crippen LogP contribution in [0.2, 0.25) is 0 Å². The van der Waals surface area contributed by atoms with Gasteiger partial charge in [0.25, 0.3) is 5.56 Å². The molecule has 4 rings (SSSR count). The monoisotopic (exact) mass is 399 g/mol. The van der Waals surface area contributed by atoms with Gasteiger partial charge in [0, 0.05) is 32.7 Å². The fourth-order valence-electron chi connectivity index (χ4n) is 3.83. The summed E-state index contributed by atoms with van der Waals surface area (Å²) in [6, 6.07) is 5.58. The molecule has 0 atom stereocenters. The molecule has 154 valence electrons. The minimum atomic E-state index is -0.332. The van der Waals surface area contributed by atoms with E-state index in [4.69, 9.17) is 9.47 Å². The molecule has 0 amide bonds. The maximum Gasteiger partial charge on any atom is 0.332 e. The van der Waals surface area contributed by atoms with E-state index in [-0.39, 0.29) is 11.2 Å². The lowest BCUT2D eigenvalue weighted by atomic mass is 10.2. The Balaban J connectivity index is 1.89. The van der Waals surface area contributed by atoms with Crippen LogP contribution in [0.1, 0.15) is 19.8 Å². The van der Waals surface area contributed by atoms with Gasteiger partial charge in [-0.15, -0.1) is 0 Å². The van der Waals surface area contributed by atoms with Crippen LogP contribution in [-0.2, 0) is 20.1 Å². The van der Waals surface area contributed by atoms with E-state index in [0.717, 1.165) is 18.5 Å². The Labute approximate surface area is 167 Å². The Morgan fingerprint density at radius 1 is 1.14 bits per heavy atom. The molecule has 1 aliphatic heterocycles. The quantitative estimate of drug-likeness (QED) is 0.629. The molecule has 3 heterocycles. The van der Waals surface area contributed by atoms with E-state index in [1.807, 2.05) is 34.6 Å². The minimum Gasteiger partial charge on any atom is -0.497 e. The molecule has 0 unspecified atom stereocenters. The predicted molar refractivity (Wildman–Crippen MR) is 111 cm³/mol. The summed E-state index contributed by atoms with van der Waals surface area (Å²) in [4.78, 5) is 32.5. The maximum atomic E-state index is 13.1. The molecule has 0 N–H and O–H groups in total. The van der Waals surface area contributed by atoms with Crippen LogP contribution in [0.25, 0.3) is 11.2 Å². The number of fused-ring (bicyclic) bond motifs is 3. The summed E-state index contributed by atoms with van der Waals surface area (Å²) < 4.78 is 15.5.